The molecule has 6 rings (SSSR count). The van der Waals surface area contributed by atoms with Crippen molar-refractivity contribution < 1.29 is 14.4 Å². The molecule has 3 aromatic carbocycles. The van der Waals surface area contributed by atoms with Gasteiger partial charge in [-0.15, -0.1) is 0 Å². The number of rotatable bonds is 5. The lowest BCUT2D eigenvalue weighted by atomic mass is 9.95. The van der Waals surface area contributed by atoms with Crippen LogP contribution >= 0.6 is 0 Å². The van der Waals surface area contributed by atoms with Crippen molar-refractivity contribution in [3.05, 3.63) is 101 Å². The number of fused-ring (bicyclic) bond motifs is 3. The highest BCUT2D eigenvalue weighted by molar-refractivity contribution is 6.21. The molecule has 0 aliphatic carbocycles. The van der Waals surface area contributed by atoms with Gasteiger partial charge in [0.25, 0.3) is 11.8 Å². The summed E-state index contributed by atoms with van der Waals surface area (Å²) in [5, 5.41) is 4.11. The van der Waals surface area contributed by atoms with Crippen molar-refractivity contribution in [3.63, 3.8) is 0 Å². The zero-order valence-electron chi connectivity index (χ0n) is 19.0. The van der Waals surface area contributed by atoms with Crippen molar-refractivity contribution in [1.82, 2.24) is 15.2 Å². The summed E-state index contributed by atoms with van der Waals surface area (Å²) in [5.41, 5.74) is 5.38. The molecular weight excluding hydrogens is 440 g/mol. The summed E-state index contributed by atoms with van der Waals surface area (Å²) >= 11 is 0. The van der Waals surface area contributed by atoms with Gasteiger partial charge in [0.2, 0.25) is 0 Å². The zero-order chi connectivity index (χ0) is 23.9. The van der Waals surface area contributed by atoms with E-state index in [9.17, 15) is 14.4 Å². The fourth-order valence-corrected chi connectivity index (χ4v) is 5.07. The first-order valence-corrected chi connectivity index (χ1v) is 11.7. The van der Waals surface area contributed by atoms with E-state index in [1.54, 1.807) is 29.2 Å². The Morgan fingerprint density at radius 1 is 0.943 bits per heavy atom. The Bertz CT molecular complexity index is 1410. The molecule has 0 spiro atoms. The molecule has 1 fully saturated rings. The zero-order valence-corrected chi connectivity index (χ0v) is 19.0. The standard InChI is InChI=1S/C28H24N4O3/c33-26(29-14-13-20-16-30-24-8-4-3-7-23(20)24)18-9-11-22(12-10-18)32-27(34)25-15-19-5-1-2-6-21(19)17-31(25)28(32)35/h1-12,16,25,30H,13-15,17H2,(H,29,33). The molecule has 0 radical (unpaired) electrons. The smallest absolute Gasteiger partial charge is 0.332 e. The number of aromatic nitrogens is 1. The largest absolute Gasteiger partial charge is 0.361 e. The van der Waals surface area contributed by atoms with Crippen LogP contribution in [-0.2, 0) is 24.2 Å². The van der Waals surface area contributed by atoms with Crippen LogP contribution in [0.25, 0.3) is 10.9 Å². The number of carbonyl (C=O) groups excluding carboxylic acids is 3. The molecule has 3 heterocycles. The predicted octanol–water partition coefficient (Wildman–Crippen LogP) is 4.03. The topological polar surface area (TPSA) is 85.5 Å². The van der Waals surface area contributed by atoms with Crippen molar-refractivity contribution in [2.24, 2.45) is 0 Å². The summed E-state index contributed by atoms with van der Waals surface area (Å²) < 4.78 is 0. The lowest BCUT2D eigenvalue weighted by Gasteiger charge is -2.28. The van der Waals surface area contributed by atoms with Gasteiger partial charge in [0.15, 0.2) is 0 Å². The van der Waals surface area contributed by atoms with Crippen molar-refractivity contribution in [2.75, 3.05) is 11.4 Å². The molecular formula is C28H24N4O3. The molecule has 0 saturated carbocycles. The summed E-state index contributed by atoms with van der Waals surface area (Å²) in [5.74, 6) is -0.413. The van der Waals surface area contributed by atoms with Crippen molar-refractivity contribution in [2.45, 2.75) is 25.4 Å². The van der Waals surface area contributed by atoms with Gasteiger partial charge < -0.3 is 15.2 Å². The molecule has 0 bridgehead atoms. The Morgan fingerprint density at radius 2 is 1.69 bits per heavy atom. The van der Waals surface area contributed by atoms with Gasteiger partial charge in [-0.3, -0.25) is 9.59 Å². The minimum absolute atomic E-state index is 0.191. The number of hydrogen-bond acceptors (Lipinski definition) is 3. The SMILES string of the molecule is O=C(NCCc1c[nH]c2ccccc12)c1ccc(N2C(=O)C3Cc4ccccc4CN3C2=O)cc1. The molecule has 1 aromatic heterocycles. The van der Waals surface area contributed by atoms with Gasteiger partial charge >= 0.3 is 6.03 Å². The van der Waals surface area contributed by atoms with Gasteiger partial charge in [-0.25, -0.2) is 9.69 Å². The molecule has 2 aliphatic rings. The third-order valence-electron chi connectivity index (χ3n) is 6.93. The second-order valence-electron chi connectivity index (χ2n) is 8.99. The lowest BCUT2D eigenvalue weighted by molar-refractivity contribution is -0.120. The number of imide groups is 1. The van der Waals surface area contributed by atoms with E-state index in [1.807, 2.05) is 48.7 Å². The van der Waals surface area contributed by atoms with Crippen LogP contribution in [0.4, 0.5) is 10.5 Å². The van der Waals surface area contributed by atoms with Crippen LogP contribution in [0.3, 0.4) is 0 Å². The number of benzene rings is 3. The van der Waals surface area contributed by atoms with Crippen LogP contribution in [0.2, 0.25) is 0 Å². The fourth-order valence-electron chi connectivity index (χ4n) is 5.07. The molecule has 7 nitrogen and oxygen atoms in total. The first-order chi connectivity index (χ1) is 17.1. The number of urea groups is 1. The number of amides is 4. The van der Waals surface area contributed by atoms with Crippen LogP contribution < -0.4 is 10.2 Å². The minimum Gasteiger partial charge on any atom is -0.361 e. The summed E-state index contributed by atoms with van der Waals surface area (Å²) in [6, 6.07) is 21.8. The monoisotopic (exact) mass is 464 g/mol. The third-order valence-corrected chi connectivity index (χ3v) is 6.93. The van der Waals surface area contributed by atoms with Crippen molar-refractivity contribution >= 4 is 34.4 Å². The number of aromatic amines is 1. The van der Waals surface area contributed by atoms with E-state index in [0.717, 1.165) is 27.6 Å². The highest BCUT2D eigenvalue weighted by Gasteiger charge is 2.47. The van der Waals surface area contributed by atoms with Crippen LogP contribution in [0.15, 0.2) is 79.0 Å². The number of anilines is 1. The number of para-hydroxylation sites is 1. The molecule has 174 valence electrons. The Hall–Kier alpha value is -4.39. The average molecular weight is 465 g/mol. The Labute approximate surface area is 202 Å². The van der Waals surface area contributed by atoms with Gasteiger partial charge in [-0.05, 0) is 53.4 Å². The van der Waals surface area contributed by atoms with Crippen LogP contribution in [0, 0.1) is 0 Å². The van der Waals surface area contributed by atoms with Crippen LogP contribution in [0.5, 0.6) is 0 Å². The van der Waals surface area contributed by atoms with E-state index >= 15 is 0 Å². The predicted molar refractivity (Wildman–Crippen MR) is 133 cm³/mol. The molecule has 35 heavy (non-hydrogen) atoms. The van der Waals surface area contributed by atoms with Gasteiger partial charge in [0.05, 0.1) is 5.69 Å². The van der Waals surface area contributed by atoms with E-state index < -0.39 is 6.04 Å². The van der Waals surface area contributed by atoms with Gasteiger partial charge in [-0.2, -0.15) is 0 Å². The molecule has 2 aliphatic heterocycles. The third kappa shape index (κ3) is 3.65. The number of H-pyrrole nitrogens is 1. The Balaban J connectivity index is 1.11. The summed E-state index contributed by atoms with van der Waals surface area (Å²) in [4.78, 5) is 44.9. The van der Waals surface area contributed by atoms with Gasteiger partial charge in [-0.1, -0.05) is 42.5 Å². The van der Waals surface area contributed by atoms with E-state index in [1.165, 1.54) is 4.90 Å². The second kappa shape index (κ2) is 8.43. The van der Waals surface area contributed by atoms with E-state index in [2.05, 4.69) is 16.4 Å². The number of hydrogen-bond donors (Lipinski definition) is 2. The quantitative estimate of drug-likeness (QED) is 0.437. The molecule has 7 heteroatoms. The van der Waals surface area contributed by atoms with Crippen LogP contribution in [-0.4, -0.2) is 40.3 Å². The summed E-state index contributed by atoms with van der Waals surface area (Å²) in [7, 11) is 0. The molecule has 1 unspecified atom stereocenters. The number of nitrogens with one attached hydrogen (secondary N) is 2. The first kappa shape index (κ1) is 21.2. The lowest BCUT2D eigenvalue weighted by Crippen LogP contribution is -2.39. The van der Waals surface area contributed by atoms with E-state index in [0.29, 0.717) is 37.2 Å². The van der Waals surface area contributed by atoms with Crippen molar-refractivity contribution in [1.29, 1.82) is 0 Å². The maximum Gasteiger partial charge on any atom is 0.332 e. The van der Waals surface area contributed by atoms with Crippen molar-refractivity contribution in [3.8, 4) is 0 Å². The Kier molecular flexibility index (Phi) is 5.10. The minimum atomic E-state index is -0.482. The average Bonchev–Trinajstić information content (AvgIpc) is 3.41. The number of nitrogens with zero attached hydrogens (tertiary/aromatic N) is 2. The summed E-state index contributed by atoms with van der Waals surface area (Å²) in [6.45, 7) is 0.932. The van der Waals surface area contributed by atoms with Gasteiger partial charge in [0.1, 0.15) is 6.04 Å². The van der Waals surface area contributed by atoms with E-state index in [-0.39, 0.29) is 17.8 Å². The molecule has 4 amide bonds. The highest BCUT2D eigenvalue weighted by Crippen LogP contribution is 2.33. The second-order valence-corrected chi connectivity index (χ2v) is 8.99. The van der Waals surface area contributed by atoms with Gasteiger partial charge in [0, 0.05) is 42.2 Å². The summed E-state index contributed by atoms with van der Waals surface area (Å²) in [6.07, 6.45) is 3.21. The maximum absolute atomic E-state index is 13.1. The number of carbonyl (C=O) groups is 3. The highest BCUT2D eigenvalue weighted by atomic mass is 16.2. The van der Waals surface area contributed by atoms with Crippen LogP contribution in [0.1, 0.15) is 27.0 Å². The Morgan fingerprint density at radius 3 is 2.51 bits per heavy atom. The molecule has 2 N–H and O–H groups in total. The molecule has 1 atom stereocenters. The first-order valence-electron chi connectivity index (χ1n) is 11.7. The van der Waals surface area contributed by atoms with E-state index in [4.69, 9.17) is 0 Å². The normalized spacial score (nSPS) is 17.0. The molecule has 1 saturated heterocycles. The molecule has 4 aromatic rings. The fraction of sp³-hybridized carbons (Fsp3) is 0.179. The maximum atomic E-state index is 13.1.